The first kappa shape index (κ1) is 16.8. The molecule has 0 aliphatic heterocycles. The largest absolute Gasteiger partial charge is 0.483 e. The van der Waals surface area contributed by atoms with Gasteiger partial charge < -0.3 is 10.1 Å². The number of benzene rings is 1. The number of carbonyl (C=O) groups is 1. The molecule has 0 atom stereocenters. The number of carbonyl (C=O) groups excluding carboxylic acids is 1. The molecule has 25 heavy (non-hydrogen) atoms. The van der Waals surface area contributed by atoms with Gasteiger partial charge in [-0.05, 0) is 37.1 Å². The highest BCUT2D eigenvalue weighted by Crippen LogP contribution is 2.39. The molecule has 0 radical (unpaired) electrons. The van der Waals surface area contributed by atoms with Crippen LogP contribution in [0.2, 0.25) is 0 Å². The van der Waals surface area contributed by atoms with E-state index < -0.39 is 18.7 Å². The summed E-state index contributed by atoms with van der Waals surface area (Å²) in [5, 5.41) is 18.4. The topological polar surface area (TPSA) is 90.8 Å². The Kier molecular flexibility index (Phi) is 4.35. The molecule has 1 amide bonds. The highest BCUT2D eigenvalue weighted by atomic mass is 19.4. The minimum Gasteiger partial charge on any atom is -0.483 e. The number of hydrogen-bond acceptors (Lipinski definition) is 4. The van der Waals surface area contributed by atoms with Crippen molar-refractivity contribution in [3.63, 3.8) is 0 Å². The SMILES string of the molecule is N#Cc1cc(NC(=O)c2cc(C3CC3)[nH]n2)ccc1OCC(F)(F)F. The Morgan fingerprint density at radius 2 is 2.16 bits per heavy atom. The van der Waals surface area contributed by atoms with Crippen molar-refractivity contribution < 1.29 is 22.7 Å². The number of nitrogens with zero attached hydrogens (tertiary/aromatic N) is 2. The number of nitriles is 1. The Hall–Kier alpha value is -3.02. The van der Waals surface area contributed by atoms with Gasteiger partial charge in [0.2, 0.25) is 0 Å². The fourth-order valence-electron chi connectivity index (χ4n) is 2.23. The van der Waals surface area contributed by atoms with Crippen LogP contribution in [0.3, 0.4) is 0 Å². The lowest BCUT2D eigenvalue weighted by Gasteiger charge is -2.11. The fraction of sp³-hybridized carbons (Fsp3) is 0.312. The first-order valence-corrected chi connectivity index (χ1v) is 7.46. The summed E-state index contributed by atoms with van der Waals surface area (Å²) in [6.07, 6.45) is -2.37. The zero-order chi connectivity index (χ0) is 18.0. The van der Waals surface area contributed by atoms with Gasteiger partial charge in [-0.15, -0.1) is 0 Å². The van der Waals surface area contributed by atoms with Crippen LogP contribution in [0.4, 0.5) is 18.9 Å². The molecular weight excluding hydrogens is 337 g/mol. The number of aromatic amines is 1. The lowest BCUT2D eigenvalue weighted by atomic mass is 10.2. The van der Waals surface area contributed by atoms with Gasteiger partial charge in [0.1, 0.15) is 11.8 Å². The van der Waals surface area contributed by atoms with Gasteiger partial charge in [-0.3, -0.25) is 9.89 Å². The molecule has 0 bridgehead atoms. The van der Waals surface area contributed by atoms with Crippen molar-refractivity contribution in [3.8, 4) is 11.8 Å². The van der Waals surface area contributed by atoms with Crippen molar-refractivity contribution in [1.29, 1.82) is 5.26 Å². The summed E-state index contributed by atoms with van der Waals surface area (Å²) in [7, 11) is 0. The molecule has 1 aromatic heterocycles. The molecule has 9 heteroatoms. The number of ether oxygens (including phenoxy) is 1. The van der Waals surface area contributed by atoms with Crippen molar-refractivity contribution in [2.45, 2.75) is 24.9 Å². The Morgan fingerprint density at radius 3 is 2.80 bits per heavy atom. The summed E-state index contributed by atoms with van der Waals surface area (Å²) in [5.74, 6) is -0.256. The van der Waals surface area contributed by atoms with Gasteiger partial charge in [0, 0.05) is 17.3 Å². The molecule has 0 spiro atoms. The Labute approximate surface area is 140 Å². The Morgan fingerprint density at radius 1 is 1.40 bits per heavy atom. The number of nitrogens with one attached hydrogen (secondary N) is 2. The smallest absolute Gasteiger partial charge is 0.422 e. The third-order valence-corrected chi connectivity index (χ3v) is 3.60. The summed E-state index contributed by atoms with van der Waals surface area (Å²) in [6.45, 7) is -1.50. The summed E-state index contributed by atoms with van der Waals surface area (Å²) in [6, 6.07) is 7.23. The Bertz CT molecular complexity index is 835. The number of anilines is 1. The zero-order valence-corrected chi connectivity index (χ0v) is 12.9. The molecule has 0 saturated heterocycles. The van der Waals surface area contributed by atoms with E-state index in [1.54, 1.807) is 12.1 Å². The van der Waals surface area contributed by atoms with Crippen LogP contribution in [0.1, 0.15) is 40.5 Å². The quantitative estimate of drug-likeness (QED) is 0.865. The van der Waals surface area contributed by atoms with Crippen molar-refractivity contribution >= 4 is 11.6 Å². The molecular formula is C16H13F3N4O2. The maximum Gasteiger partial charge on any atom is 0.422 e. The van der Waals surface area contributed by atoms with Crippen LogP contribution >= 0.6 is 0 Å². The highest BCUT2D eigenvalue weighted by molar-refractivity contribution is 6.03. The lowest BCUT2D eigenvalue weighted by molar-refractivity contribution is -0.153. The standard InChI is InChI=1S/C16H13F3N4O2/c17-16(18,19)8-25-14-4-3-11(5-10(14)7-20)21-15(24)13-6-12(22-23-13)9-1-2-9/h3-6,9H,1-2,8H2,(H,21,24)(H,22,23). The molecule has 1 fully saturated rings. The summed E-state index contributed by atoms with van der Waals surface area (Å²) in [4.78, 5) is 12.2. The molecule has 6 nitrogen and oxygen atoms in total. The summed E-state index contributed by atoms with van der Waals surface area (Å²) < 4.78 is 41.2. The molecule has 1 saturated carbocycles. The van der Waals surface area contributed by atoms with E-state index in [1.165, 1.54) is 18.2 Å². The molecule has 0 unspecified atom stereocenters. The zero-order valence-electron chi connectivity index (χ0n) is 12.9. The van der Waals surface area contributed by atoms with Gasteiger partial charge in [0.05, 0.1) is 5.56 Å². The lowest BCUT2D eigenvalue weighted by Crippen LogP contribution is -2.19. The minimum absolute atomic E-state index is 0.109. The van der Waals surface area contributed by atoms with Crippen LogP contribution in [0.5, 0.6) is 5.75 Å². The van der Waals surface area contributed by atoms with Crippen molar-refractivity contribution in [3.05, 3.63) is 41.2 Å². The van der Waals surface area contributed by atoms with E-state index in [4.69, 9.17) is 5.26 Å². The van der Waals surface area contributed by atoms with Gasteiger partial charge in [-0.1, -0.05) is 0 Å². The number of alkyl halides is 3. The maximum atomic E-state index is 12.2. The maximum absolute atomic E-state index is 12.2. The molecule has 1 heterocycles. The van der Waals surface area contributed by atoms with E-state index in [-0.39, 0.29) is 22.7 Å². The van der Waals surface area contributed by atoms with Crippen LogP contribution in [-0.4, -0.2) is 28.9 Å². The molecule has 1 aromatic carbocycles. The van der Waals surface area contributed by atoms with E-state index in [0.29, 0.717) is 5.92 Å². The second-order valence-corrected chi connectivity index (χ2v) is 5.66. The fourth-order valence-corrected chi connectivity index (χ4v) is 2.23. The van der Waals surface area contributed by atoms with E-state index >= 15 is 0 Å². The number of hydrogen-bond donors (Lipinski definition) is 2. The van der Waals surface area contributed by atoms with Crippen molar-refractivity contribution in [2.24, 2.45) is 0 Å². The number of H-pyrrole nitrogens is 1. The van der Waals surface area contributed by atoms with E-state index in [1.807, 2.05) is 0 Å². The summed E-state index contributed by atoms with van der Waals surface area (Å²) >= 11 is 0. The molecule has 1 aliphatic carbocycles. The minimum atomic E-state index is -4.50. The summed E-state index contributed by atoms with van der Waals surface area (Å²) in [5.41, 5.74) is 1.26. The molecule has 2 N–H and O–H groups in total. The van der Waals surface area contributed by atoms with Crippen LogP contribution in [0.25, 0.3) is 0 Å². The van der Waals surface area contributed by atoms with Crippen LogP contribution in [-0.2, 0) is 0 Å². The van der Waals surface area contributed by atoms with Gasteiger partial charge in [0.25, 0.3) is 5.91 Å². The number of halogens is 3. The van der Waals surface area contributed by atoms with Crippen LogP contribution in [0.15, 0.2) is 24.3 Å². The molecule has 3 rings (SSSR count). The van der Waals surface area contributed by atoms with E-state index in [2.05, 4.69) is 20.3 Å². The van der Waals surface area contributed by atoms with Crippen LogP contribution < -0.4 is 10.1 Å². The van der Waals surface area contributed by atoms with Gasteiger partial charge in [0.15, 0.2) is 12.3 Å². The third kappa shape index (κ3) is 4.29. The molecule has 1 aliphatic rings. The number of aromatic nitrogens is 2. The predicted octanol–water partition coefficient (Wildman–Crippen LogP) is 3.35. The van der Waals surface area contributed by atoms with E-state index in [9.17, 15) is 18.0 Å². The van der Waals surface area contributed by atoms with E-state index in [0.717, 1.165) is 18.5 Å². The monoisotopic (exact) mass is 350 g/mol. The molecule has 130 valence electrons. The number of rotatable bonds is 5. The molecule has 2 aromatic rings. The second kappa shape index (κ2) is 6.47. The third-order valence-electron chi connectivity index (χ3n) is 3.60. The van der Waals surface area contributed by atoms with Gasteiger partial charge in [-0.25, -0.2) is 0 Å². The Balaban J connectivity index is 1.69. The highest BCUT2D eigenvalue weighted by Gasteiger charge is 2.29. The normalized spacial score (nSPS) is 14.0. The van der Waals surface area contributed by atoms with Crippen LogP contribution in [0, 0.1) is 11.3 Å². The van der Waals surface area contributed by atoms with Gasteiger partial charge >= 0.3 is 6.18 Å². The number of amides is 1. The average Bonchev–Trinajstić information content (AvgIpc) is 3.29. The van der Waals surface area contributed by atoms with Crippen molar-refractivity contribution in [1.82, 2.24) is 10.2 Å². The first-order valence-electron chi connectivity index (χ1n) is 7.46. The van der Waals surface area contributed by atoms with Crippen molar-refractivity contribution in [2.75, 3.05) is 11.9 Å². The van der Waals surface area contributed by atoms with Gasteiger partial charge in [-0.2, -0.15) is 23.5 Å². The predicted molar refractivity (Wildman–Crippen MR) is 81.2 cm³/mol. The second-order valence-electron chi connectivity index (χ2n) is 5.66. The average molecular weight is 350 g/mol. The first-order chi connectivity index (χ1) is 11.9.